The molecular formula is C14H14Cl2O2. The molecule has 2 rings (SSSR count). The summed E-state index contributed by atoms with van der Waals surface area (Å²) in [5.41, 5.74) is 2.24. The first-order valence-corrected chi connectivity index (χ1v) is 6.67. The van der Waals surface area contributed by atoms with Crippen molar-refractivity contribution in [2.24, 2.45) is 5.92 Å². The summed E-state index contributed by atoms with van der Waals surface area (Å²) in [6.45, 7) is 1.94. The van der Waals surface area contributed by atoms with Crippen LogP contribution in [0.25, 0.3) is 6.08 Å². The SMILES string of the molecule is C[C@H]1CCCc2cc(Cl)cc(Cl)c2C=C1C(=O)O. The van der Waals surface area contributed by atoms with E-state index < -0.39 is 5.97 Å². The Balaban J connectivity index is 2.60. The Kier molecular flexibility index (Phi) is 3.98. The molecule has 1 aliphatic rings. The van der Waals surface area contributed by atoms with Gasteiger partial charge in [0.15, 0.2) is 0 Å². The molecule has 1 aliphatic carbocycles. The van der Waals surface area contributed by atoms with Crippen molar-refractivity contribution >= 4 is 35.2 Å². The predicted octanol–water partition coefficient (Wildman–Crippen LogP) is 4.43. The quantitative estimate of drug-likeness (QED) is 0.828. The predicted molar refractivity (Wildman–Crippen MR) is 74.2 cm³/mol. The fraction of sp³-hybridized carbons (Fsp3) is 0.357. The van der Waals surface area contributed by atoms with Gasteiger partial charge in [-0.2, -0.15) is 0 Å². The van der Waals surface area contributed by atoms with Crippen molar-refractivity contribution < 1.29 is 9.90 Å². The van der Waals surface area contributed by atoms with Gasteiger partial charge in [0.2, 0.25) is 0 Å². The van der Waals surface area contributed by atoms with Crippen LogP contribution in [0, 0.1) is 5.92 Å². The summed E-state index contributed by atoms with van der Waals surface area (Å²) in [4.78, 5) is 11.3. The Labute approximate surface area is 116 Å². The van der Waals surface area contributed by atoms with Crippen LogP contribution in [0.3, 0.4) is 0 Å². The number of rotatable bonds is 1. The van der Waals surface area contributed by atoms with Gasteiger partial charge in [-0.05, 0) is 54.5 Å². The van der Waals surface area contributed by atoms with Gasteiger partial charge >= 0.3 is 5.97 Å². The first kappa shape index (κ1) is 13.4. The highest BCUT2D eigenvalue weighted by atomic mass is 35.5. The maximum Gasteiger partial charge on any atom is 0.331 e. The first-order valence-electron chi connectivity index (χ1n) is 5.92. The Morgan fingerprint density at radius 3 is 2.78 bits per heavy atom. The number of hydrogen-bond acceptors (Lipinski definition) is 1. The lowest BCUT2D eigenvalue weighted by Gasteiger charge is -2.18. The number of fused-ring (bicyclic) bond motifs is 1. The molecule has 2 nitrogen and oxygen atoms in total. The number of carbonyl (C=O) groups is 1. The standard InChI is InChI=1S/C14H14Cl2O2/c1-8-3-2-4-9-5-10(15)6-13(16)12(9)7-11(8)14(17)18/h5-8H,2-4H2,1H3,(H,17,18)/t8-/m0/s1. The molecule has 0 spiro atoms. The third-order valence-corrected chi connectivity index (χ3v) is 3.87. The van der Waals surface area contributed by atoms with Gasteiger partial charge in [0.25, 0.3) is 0 Å². The van der Waals surface area contributed by atoms with Gasteiger partial charge in [-0.1, -0.05) is 30.1 Å². The molecule has 0 bridgehead atoms. The number of aryl methyl sites for hydroxylation is 1. The van der Waals surface area contributed by atoms with Crippen LogP contribution in [0.15, 0.2) is 17.7 Å². The van der Waals surface area contributed by atoms with E-state index in [4.69, 9.17) is 23.2 Å². The molecule has 96 valence electrons. The Morgan fingerprint density at radius 1 is 1.39 bits per heavy atom. The number of benzene rings is 1. The van der Waals surface area contributed by atoms with Crippen molar-refractivity contribution in [3.8, 4) is 0 Å². The molecule has 0 saturated heterocycles. The van der Waals surface area contributed by atoms with Crippen LogP contribution in [-0.2, 0) is 11.2 Å². The van der Waals surface area contributed by atoms with Crippen molar-refractivity contribution in [3.05, 3.63) is 38.9 Å². The Hall–Kier alpha value is -0.990. The summed E-state index contributed by atoms with van der Waals surface area (Å²) in [6, 6.07) is 3.53. The Bertz CT molecular complexity index is 521. The topological polar surface area (TPSA) is 37.3 Å². The van der Waals surface area contributed by atoms with E-state index in [-0.39, 0.29) is 5.92 Å². The zero-order valence-electron chi connectivity index (χ0n) is 10.0. The lowest BCUT2D eigenvalue weighted by molar-refractivity contribution is -0.133. The van der Waals surface area contributed by atoms with E-state index >= 15 is 0 Å². The second-order valence-corrected chi connectivity index (χ2v) is 5.50. The van der Waals surface area contributed by atoms with Crippen molar-refractivity contribution in [3.63, 3.8) is 0 Å². The van der Waals surface area contributed by atoms with Crippen molar-refractivity contribution in [2.45, 2.75) is 26.2 Å². The summed E-state index contributed by atoms with van der Waals surface area (Å²) in [7, 11) is 0. The Morgan fingerprint density at radius 2 is 2.11 bits per heavy atom. The maximum atomic E-state index is 11.3. The number of carboxylic acids is 1. The van der Waals surface area contributed by atoms with Crippen LogP contribution >= 0.6 is 23.2 Å². The van der Waals surface area contributed by atoms with Crippen molar-refractivity contribution in [2.75, 3.05) is 0 Å². The molecule has 0 amide bonds. The summed E-state index contributed by atoms with van der Waals surface area (Å²) < 4.78 is 0. The van der Waals surface area contributed by atoms with Crippen LogP contribution in [0.5, 0.6) is 0 Å². The summed E-state index contributed by atoms with van der Waals surface area (Å²) in [5, 5.41) is 10.4. The largest absolute Gasteiger partial charge is 0.478 e. The van der Waals surface area contributed by atoms with Crippen LogP contribution in [0.4, 0.5) is 0 Å². The monoisotopic (exact) mass is 284 g/mol. The van der Waals surface area contributed by atoms with Gasteiger partial charge < -0.3 is 5.11 Å². The fourth-order valence-corrected chi connectivity index (χ4v) is 2.92. The van der Waals surface area contributed by atoms with E-state index in [2.05, 4.69) is 0 Å². The minimum absolute atomic E-state index is 0.0439. The van der Waals surface area contributed by atoms with Crippen LogP contribution in [-0.4, -0.2) is 11.1 Å². The number of carboxylic acid groups (broad SMARTS) is 1. The molecule has 0 saturated carbocycles. The molecule has 1 aromatic carbocycles. The van der Waals surface area contributed by atoms with E-state index in [0.29, 0.717) is 15.6 Å². The average molecular weight is 285 g/mol. The number of aliphatic carboxylic acids is 1. The molecule has 4 heteroatoms. The smallest absolute Gasteiger partial charge is 0.331 e. The molecule has 1 aromatic rings. The summed E-state index contributed by atoms with van der Waals surface area (Å²) in [6.07, 6.45) is 4.38. The zero-order valence-corrected chi connectivity index (χ0v) is 11.6. The molecule has 0 fully saturated rings. The lowest BCUT2D eigenvalue weighted by Crippen LogP contribution is -2.12. The molecule has 0 heterocycles. The molecule has 0 aromatic heterocycles. The average Bonchev–Trinajstić information content (AvgIpc) is 2.24. The third kappa shape index (κ3) is 2.70. The molecular weight excluding hydrogens is 271 g/mol. The molecule has 1 N–H and O–H groups in total. The number of halogens is 2. The molecule has 0 aliphatic heterocycles. The third-order valence-electron chi connectivity index (χ3n) is 3.34. The first-order chi connectivity index (χ1) is 8.49. The maximum absolute atomic E-state index is 11.3. The van der Waals surface area contributed by atoms with Crippen LogP contribution < -0.4 is 0 Å². The van der Waals surface area contributed by atoms with E-state index in [1.807, 2.05) is 13.0 Å². The summed E-state index contributed by atoms with van der Waals surface area (Å²) >= 11 is 12.2. The highest BCUT2D eigenvalue weighted by Crippen LogP contribution is 2.33. The molecule has 1 atom stereocenters. The fourth-order valence-electron chi connectivity index (χ4n) is 2.33. The number of hydrogen-bond donors (Lipinski definition) is 1. The van der Waals surface area contributed by atoms with Crippen molar-refractivity contribution in [1.82, 2.24) is 0 Å². The highest BCUT2D eigenvalue weighted by Gasteiger charge is 2.20. The normalized spacial score (nSPS) is 19.5. The van der Waals surface area contributed by atoms with Gasteiger partial charge in [-0.15, -0.1) is 0 Å². The van der Waals surface area contributed by atoms with Gasteiger partial charge in [0.1, 0.15) is 0 Å². The second kappa shape index (κ2) is 5.33. The minimum Gasteiger partial charge on any atom is -0.478 e. The molecule has 0 radical (unpaired) electrons. The molecule has 0 unspecified atom stereocenters. The van der Waals surface area contributed by atoms with E-state index in [0.717, 1.165) is 30.4 Å². The van der Waals surface area contributed by atoms with Crippen LogP contribution in [0.1, 0.15) is 30.9 Å². The van der Waals surface area contributed by atoms with Gasteiger partial charge in [-0.3, -0.25) is 0 Å². The van der Waals surface area contributed by atoms with E-state index in [9.17, 15) is 9.90 Å². The van der Waals surface area contributed by atoms with Crippen LogP contribution in [0.2, 0.25) is 10.0 Å². The van der Waals surface area contributed by atoms with Gasteiger partial charge in [-0.25, -0.2) is 4.79 Å². The lowest BCUT2D eigenvalue weighted by atomic mass is 9.88. The van der Waals surface area contributed by atoms with E-state index in [1.165, 1.54) is 0 Å². The van der Waals surface area contributed by atoms with Gasteiger partial charge in [0.05, 0.1) is 0 Å². The minimum atomic E-state index is -0.874. The zero-order chi connectivity index (χ0) is 13.3. The van der Waals surface area contributed by atoms with Gasteiger partial charge in [0, 0.05) is 15.6 Å². The highest BCUT2D eigenvalue weighted by molar-refractivity contribution is 6.35. The van der Waals surface area contributed by atoms with Crippen molar-refractivity contribution in [1.29, 1.82) is 0 Å². The van der Waals surface area contributed by atoms with E-state index in [1.54, 1.807) is 12.1 Å². The second-order valence-electron chi connectivity index (χ2n) is 4.66. The molecule has 18 heavy (non-hydrogen) atoms. The summed E-state index contributed by atoms with van der Waals surface area (Å²) in [5.74, 6) is -0.830.